The largest absolute Gasteiger partial charge is 0.497 e. The monoisotopic (exact) mass is 247 g/mol. The highest BCUT2D eigenvalue weighted by Gasteiger charge is 2.14. The number of benzene rings is 1. The fourth-order valence-electron chi connectivity index (χ4n) is 1.73. The van der Waals surface area contributed by atoms with Crippen molar-refractivity contribution in [2.75, 3.05) is 7.11 Å². The Kier molecular flexibility index (Phi) is 3.86. The number of hydrogen-bond donors (Lipinski definition) is 2. The van der Waals surface area contributed by atoms with Crippen LogP contribution in [0, 0.1) is 5.82 Å². The van der Waals surface area contributed by atoms with E-state index in [1.165, 1.54) is 12.3 Å². The molecule has 0 spiro atoms. The van der Waals surface area contributed by atoms with Crippen LogP contribution in [0.4, 0.5) is 4.39 Å². The first kappa shape index (κ1) is 12.5. The van der Waals surface area contributed by atoms with E-state index in [1.54, 1.807) is 13.2 Å². The zero-order valence-electron chi connectivity index (χ0n) is 9.93. The first-order chi connectivity index (χ1) is 8.74. The highest BCUT2D eigenvalue weighted by atomic mass is 19.1. The first-order valence-corrected chi connectivity index (χ1v) is 5.46. The van der Waals surface area contributed by atoms with Gasteiger partial charge in [0.15, 0.2) is 0 Å². The molecule has 1 aromatic heterocycles. The molecular formula is C13H14FN3O. The molecule has 0 amide bonds. The van der Waals surface area contributed by atoms with Crippen LogP contribution in [0.2, 0.25) is 0 Å². The van der Waals surface area contributed by atoms with Crippen molar-refractivity contribution in [2.24, 2.45) is 5.84 Å². The van der Waals surface area contributed by atoms with Gasteiger partial charge in [0.25, 0.3) is 0 Å². The fraction of sp³-hybridized carbons (Fsp3) is 0.154. The zero-order chi connectivity index (χ0) is 13.0. The van der Waals surface area contributed by atoms with Crippen LogP contribution in [-0.4, -0.2) is 12.1 Å². The third kappa shape index (κ3) is 2.64. The third-order valence-electron chi connectivity index (χ3n) is 2.64. The molecule has 0 bridgehead atoms. The van der Waals surface area contributed by atoms with E-state index in [-0.39, 0.29) is 11.9 Å². The summed E-state index contributed by atoms with van der Waals surface area (Å²) in [6.45, 7) is 0. The van der Waals surface area contributed by atoms with E-state index < -0.39 is 0 Å². The zero-order valence-corrected chi connectivity index (χ0v) is 9.93. The lowest BCUT2D eigenvalue weighted by molar-refractivity contribution is 0.413. The van der Waals surface area contributed by atoms with Gasteiger partial charge in [-0.15, -0.1) is 0 Å². The summed E-state index contributed by atoms with van der Waals surface area (Å²) in [5.74, 6) is 5.90. The topological polar surface area (TPSA) is 60.2 Å². The van der Waals surface area contributed by atoms with Gasteiger partial charge in [0.2, 0.25) is 0 Å². The van der Waals surface area contributed by atoms with Crippen LogP contribution in [0.3, 0.4) is 0 Å². The fourth-order valence-corrected chi connectivity index (χ4v) is 1.73. The van der Waals surface area contributed by atoms with Crippen LogP contribution >= 0.6 is 0 Å². The van der Waals surface area contributed by atoms with Gasteiger partial charge in [0.1, 0.15) is 11.6 Å². The lowest BCUT2D eigenvalue weighted by Crippen LogP contribution is -2.29. The summed E-state index contributed by atoms with van der Waals surface area (Å²) < 4.78 is 18.0. The molecule has 18 heavy (non-hydrogen) atoms. The lowest BCUT2D eigenvalue weighted by atomic mass is 10.0. The Morgan fingerprint density at radius 3 is 2.78 bits per heavy atom. The van der Waals surface area contributed by atoms with Crippen molar-refractivity contribution in [1.82, 2.24) is 10.4 Å². The maximum atomic E-state index is 12.8. The number of halogens is 1. The summed E-state index contributed by atoms with van der Waals surface area (Å²) in [6, 6.07) is 10.1. The van der Waals surface area contributed by atoms with Gasteiger partial charge >= 0.3 is 0 Å². The second-order valence-electron chi connectivity index (χ2n) is 3.78. The second kappa shape index (κ2) is 5.57. The van der Waals surface area contributed by atoms with E-state index in [1.807, 2.05) is 24.3 Å². The second-order valence-corrected chi connectivity index (χ2v) is 3.78. The van der Waals surface area contributed by atoms with Crippen molar-refractivity contribution in [3.8, 4) is 5.75 Å². The molecule has 2 aromatic rings. The minimum Gasteiger partial charge on any atom is -0.497 e. The number of nitrogens with one attached hydrogen (secondary N) is 1. The van der Waals surface area contributed by atoms with Gasteiger partial charge in [0, 0.05) is 0 Å². The first-order valence-electron chi connectivity index (χ1n) is 5.46. The Balaban J connectivity index is 2.35. The molecule has 3 N–H and O–H groups in total. The number of hydrazine groups is 1. The molecule has 1 unspecified atom stereocenters. The number of rotatable bonds is 4. The van der Waals surface area contributed by atoms with Crippen LogP contribution in [0.1, 0.15) is 17.3 Å². The van der Waals surface area contributed by atoms with Crippen LogP contribution in [0.5, 0.6) is 5.75 Å². The summed E-state index contributed by atoms with van der Waals surface area (Å²) >= 11 is 0. The maximum absolute atomic E-state index is 12.8. The number of nitrogens with zero attached hydrogens (tertiary/aromatic N) is 1. The predicted octanol–water partition coefficient (Wildman–Crippen LogP) is 1.78. The van der Waals surface area contributed by atoms with Gasteiger partial charge in [-0.05, 0) is 29.8 Å². The van der Waals surface area contributed by atoms with Crippen LogP contribution in [0.15, 0.2) is 42.6 Å². The molecule has 1 atom stereocenters. The quantitative estimate of drug-likeness (QED) is 0.638. The molecule has 0 saturated heterocycles. The van der Waals surface area contributed by atoms with Crippen molar-refractivity contribution in [2.45, 2.75) is 6.04 Å². The SMILES string of the molecule is COc1cccc(C(NN)c2ccc(F)cn2)c1. The Morgan fingerprint density at radius 1 is 1.33 bits per heavy atom. The highest BCUT2D eigenvalue weighted by molar-refractivity contribution is 5.34. The van der Waals surface area contributed by atoms with Gasteiger partial charge < -0.3 is 4.74 Å². The number of hydrogen-bond acceptors (Lipinski definition) is 4. The molecule has 0 aliphatic heterocycles. The summed E-state index contributed by atoms with van der Waals surface area (Å²) in [5, 5.41) is 0. The molecule has 4 nitrogen and oxygen atoms in total. The van der Waals surface area contributed by atoms with Crippen molar-refractivity contribution in [1.29, 1.82) is 0 Å². The Bertz CT molecular complexity index is 516. The summed E-state index contributed by atoms with van der Waals surface area (Å²) in [7, 11) is 1.60. The summed E-state index contributed by atoms with van der Waals surface area (Å²) in [4.78, 5) is 4.02. The van der Waals surface area contributed by atoms with Gasteiger partial charge in [-0.1, -0.05) is 12.1 Å². The van der Waals surface area contributed by atoms with Crippen molar-refractivity contribution >= 4 is 0 Å². The van der Waals surface area contributed by atoms with Gasteiger partial charge in [-0.25, -0.2) is 9.82 Å². The van der Waals surface area contributed by atoms with E-state index >= 15 is 0 Å². The predicted molar refractivity (Wildman–Crippen MR) is 66.4 cm³/mol. The van der Waals surface area contributed by atoms with Gasteiger partial charge in [-0.3, -0.25) is 10.8 Å². The normalized spacial score (nSPS) is 12.2. The Morgan fingerprint density at radius 2 is 2.17 bits per heavy atom. The molecule has 1 heterocycles. The molecule has 0 radical (unpaired) electrons. The molecule has 2 rings (SSSR count). The average Bonchev–Trinajstić information content (AvgIpc) is 2.42. The molecule has 5 heteroatoms. The van der Waals surface area contributed by atoms with Gasteiger partial charge in [-0.2, -0.15) is 0 Å². The maximum Gasteiger partial charge on any atom is 0.141 e. The van der Waals surface area contributed by atoms with Crippen molar-refractivity contribution in [3.63, 3.8) is 0 Å². The third-order valence-corrected chi connectivity index (χ3v) is 2.64. The number of pyridine rings is 1. The molecular weight excluding hydrogens is 233 g/mol. The van der Waals surface area contributed by atoms with E-state index in [4.69, 9.17) is 10.6 Å². The molecule has 94 valence electrons. The summed E-state index contributed by atoms with van der Waals surface area (Å²) in [5.41, 5.74) is 4.21. The average molecular weight is 247 g/mol. The number of aromatic nitrogens is 1. The van der Waals surface area contributed by atoms with E-state index in [0.717, 1.165) is 11.3 Å². The van der Waals surface area contributed by atoms with Crippen LogP contribution in [-0.2, 0) is 0 Å². The minimum atomic E-state index is -0.375. The Labute approximate surface area is 105 Å². The van der Waals surface area contributed by atoms with Crippen LogP contribution in [0.25, 0.3) is 0 Å². The summed E-state index contributed by atoms with van der Waals surface area (Å²) in [6.07, 6.45) is 1.17. The number of nitrogens with two attached hydrogens (primary N) is 1. The minimum absolute atomic E-state index is 0.305. The van der Waals surface area contributed by atoms with E-state index in [0.29, 0.717) is 5.69 Å². The standard InChI is InChI=1S/C13H14FN3O/c1-18-11-4-2-3-9(7-11)13(17-15)12-6-5-10(14)8-16-12/h2-8,13,17H,15H2,1H3. The van der Waals surface area contributed by atoms with Gasteiger partial charge in [0.05, 0.1) is 25.0 Å². The van der Waals surface area contributed by atoms with Crippen molar-refractivity contribution in [3.05, 3.63) is 59.7 Å². The molecule has 0 fully saturated rings. The Hall–Kier alpha value is -1.98. The molecule has 0 aliphatic carbocycles. The molecule has 0 aliphatic rings. The lowest BCUT2D eigenvalue weighted by Gasteiger charge is -2.16. The number of methoxy groups -OCH3 is 1. The molecule has 1 aromatic carbocycles. The van der Waals surface area contributed by atoms with E-state index in [9.17, 15) is 4.39 Å². The van der Waals surface area contributed by atoms with Crippen molar-refractivity contribution < 1.29 is 9.13 Å². The van der Waals surface area contributed by atoms with E-state index in [2.05, 4.69) is 10.4 Å². The number of ether oxygens (including phenoxy) is 1. The smallest absolute Gasteiger partial charge is 0.141 e. The highest BCUT2D eigenvalue weighted by Crippen LogP contribution is 2.23. The molecule has 0 saturated carbocycles. The van der Waals surface area contributed by atoms with Crippen LogP contribution < -0.4 is 16.0 Å².